The molecule has 1 aliphatic carbocycles. The molecule has 29 heavy (non-hydrogen) atoms. The van der Waals surface area contributed by atoms with Crippen LogP contribution in [0.5, 0.6) is 0 Å². The molecule has 2 N–H and O–H groups in total. The Labute approximate surface area is 173 Å². The summed E-state index contributed by atoms with van der Waals surface area (Å²) in [6, 6.07) is 8.26. The molecule has 1 heterocycles. The lowest BCUT2D eigenvalue weighted by Gasteiger charge is -2.48. The van der Waals surface area contributed by atoms with Gasteiger partial charge in [0.2, 0.25) is 11.8 Å². The molecule has 2 fully saturated rings. The van der Waals surface area contributed by atoms with Crippen LogP contribution < -0.4 is 10.6 Å². The first-order valence-corrected chi connectivity index (χ1v) is 12.1. The maximum absolute atomic E-state index is 12.4. The molecule has 4 unspecified atom stereocenters. The third kappa shape index (κ3) is 5.38. The number of nitrogens with one attached hydrogen (secondary N) is 2. The van der Waals surface area contributed by atoms with Gasteiger partial charge in [-0.1, -0.05) is 39.0 Å². The van der Waals surface area contributed by atoms with Crippen LogP contribution in [0.2, 0.25) is 0 Å². The van der Waals surface area contributed by atoms with E-state index in [2.05, 4.69) is 31.4 Å². The van der Waals surface area contributed by atoms with Crippen molar-refractivity contribution in [3.8, 4) is 0 Å². The van der Waals surface area contributed by atoms with Crippen LogP contribution in [0.4, 0.5) is 0 Å². The lowest BCUT2D eigenvalue weighted by molar-refractivity contribution is -0.130. The minimum absolute atomic E-state index is 0.0257. The molecule has 1 aliphatic heterocycles. The molecule has 1 aromatic carbocycles. The predicted octanol–water partition coefficient (Wildman–Crippen LogP) is 2.69. The number of amides is 2. The van der Waals surface area contributed by atoms with E-state index in [1.807, 2.05) is 0 Å². The molecular weight excluding hydrogens is 388 g/mol. The van der Waals surface area contributed by atoms with Gasteiger partial charge < -0.3 is 10.6 Å². The Bertz CT molecular complexity index is 845. The van der Waals surface area contributed by atoms with E-state index in [4.69, 9.17) is 0 Å². The molecule has 6 nitrogen and oxygen atoms in total. The van der Waals surface area contributed by atoms with Gasteiger partial charge in [-0.3, -0.25) is 9.59 Å². The minimum atomic E-state index is -3.46. The van der Waals surface area contributed by atoms with Gasteiger partial charge in [0.15, 0.2) is 9.84 Å². The van der Waals surface area contributed by atoms with Crippen LogP contribution in [-0.2, 0) is 19.4 Å². The number of benzene rings is 1. The molecular formula is C22H32N2O4S. The van der Waals surface area contributed by atoms with E-state index in [9.17, 15) is 18.0 Å². The van der Waals surface area contributed by atoms with Gasteiger partial charge >= 0.3 is 0 Å². The summed E-state index contributed by atoms with van der Waals surface area (Å²) in [7, 11) is -3.46. The van der Waals surface area contributed by atoms with E-state index < -0.39 is 9.84 Å². The summed E-state index contributed by atoms with van der Waals surface area (Å²) in [5, 5.41) is 6.10. The molecule has 1 saturated carbocycles. The SMILES string of the molecule is CC(C)(C)C1CC(=O)NC2CC(NC(=O)CCS(=O)(=O)c3ccccc3)CCC21. The van der Waals surface area contributed by atoms with E-state index >= 15 is 0 Å². The van der Waals surface area contributed by atoms with Crippen LogP contribution in [0.3, 0.4) is 0 Å². The summed E-state index contributed by atoms with van der Waals surface area (Å²) in [6.07, 6.45) is 3.04. The Morgan fingerprint density at radius 3 is 2.52 bits per heavy atom. The Balaban J connectivity index is 1.54. The summed E-state index contributed by atoms with van der Waals surface area (Å²) in [4.78, 5) is 24.8. The predicted molar refractivity (Wildman–Crippen MR) is 112 cm³/mol. The second kappa shape index (κ2) is 8.46. The molecule has 7 heteroatoms. The first kappa shape index (κ1) is 21.8. The van der Waals surface area contributed by atoms with Crippen molar-refractivity contribution in [2.24, 2.45) is 17.3 Å². The topological polar surface area (TPSA) is 92.3 Å². The van der Waals surface area contributed by atoms with Crippen molar-refractivity contribution in [2.45, 2.75) is 69.9 Å². The smallest absolute Gasteiger partial charge is 0.221 e. The summed E-state index contributed by atoms with van der Waals surface area (Å²) < 4.78 is 24.7. The highest BCUT2D eigenvalue weighted by Crippen LogP contribution is 2.44. The third-order valence-corrected chi connectivity index (χ3v) is 8.08. The highest BCUT2D eigenvalue weighted by molar-refractivity contribution is 7.91. The van der Waals surface area contributed by atoms with Crippen LogP contribution in [0, 0.1) is 17.3 Å². The second-order valence-corrected chi connectivity index (χ2v) is 11.6. The molecule has 2 aliphatic rings. The van der Waals surface area contributed by atoms with Crippen molar-refractivity contribution in [1.82, 2.24) is 10.6 Å². The van der Waals surface area contributed by atoms with Crippen molar-refractivity contribution in [3.63, 3.8) is 0 Å². The molecule has 0 radical (unpaired) electrons. The summed E-state index contributed by atoms with van der Waals surface area (Å²) >= 11 is 0. The summed E-state index contributed by atoms with van der Waals surface area (Å²) in [5.74, 6) is 0.410. The zero-order valence-corrected chi connectivity index (χ0v) is 18.3. The normalized spacial score (nSPS) is 27.6. The van der Waals surface area contributed by atoms with Crippen LogP contribution in [0.25, 0.3) is 0 Å². The van der Waals surface area contributed by atoms with Gasteiger partial charge in [-0.15, -0.1) is 0 Å². The van der Waals surface area contributed by atoms with E-state index in [1.165, 1.54) is 0 Å². The Kier molecular flexibility index (Phi) is 6.36. The van der Waals surface area contributed by atoms with Crippen molar-refractivity contribution >= 4 is 21.7 Å². The van der Waals surface area contributed by atoms with Gasteiger partial charge in [0.05, 0.1) is 10.6 Å². The van der Waals surface area contributed by atoms with Gasteiger partial charge in [-0.2, -0.15) is 0 Å². The molecule has 160 valence electrons. The standard InChI is InChI=1S/C22H32N2O4S/c1-22(2,3)18-14-21(26)24-19-13-15(9-10-17(18)19)23-20(25)11-12-29(27,28)16-7-5-4-6-8-16/h4-8,15,17-19H,9-14H2,1-3H3,(H,23,25)(H,24,26). The maximum atomic E-state index is 12.4. The van der Waals surface area contributed by atoms with E-state index in [0.29, 0.717) is 24.7 Å². The van der Waals surface area contributed by atoms with Gasteiger partial charge in [0, 0.05) is 24.9 Å². The minimum Gasteiger partial charge on any atom is -0.353 e. The average molecular weight is 421 g/mol. The van der Waals surface area contributed by atoms with Gasteiger partial charge in [0.1, 0.15) is 0 Å². The monoisotopic (exact) mass is 420 g/mol. The number of hydrogen-bond donors (Lipinski definition) is 2. The van der Waals surface area contributed by atoms with Crippen molar-refractivity contribution < 1.29 is 18.0 Å². The van der Waals surface area contributed by atoms with Gasteiger partial charge in [-0.05, 0) is 48.6 Å². The Morgan fingerprint density at radius 1 is 1.17 bits per heavy atom. The maximum Gasteiger partial charge on any atom is 0.221 e. The number of piperidine rings is 1. The number of fused-ring (bicyclic) bond motifs is 1. The zero-order valence-electron chi connectivity index (χ0n) is 17.5. The highest BCUT2D eigenvalue weighted by atomic mass is 32.2. The molecule has 0 spiro atoms. The number of carbonyl (C=O) groups is 2. The van der Waals surface area contributed by atoms with E-state index in [1.54, 1.807) is 30.3 Å². The number of hydrogen-bond acceptors (Lipinski definition) is 4. The Morgan fingerprint density at radius 2 is 1.86 bits per heavy atom. The highest BCUT2D eigenvalue weighted by Gasteiger charge is 2.45. The summed E-state index contributed by atoms with van der Waals surface area (Å²) in [5.41, 5.74) is 0.0720. The number of sulfone groups is 1. The van der Waals surface area contributed by atoms with Crippen LogP contribution in [0.1, 0.15) is 52.9 Å². The van der Waals surface area contributed by atoms with Crippen LogP contribution in [-0.4, -0.2) is 38.1 Å². The first-order valence-electron chi connectivity index (χ1n) is 10.4. The fraction of sp³-hybridized carbons (Fsp3) is 0.636. The molecule has 0 aromatic heterocycles. The number of rotatable bonds is 5. The largest absolute Gasteiger partial charge is 0.353 e. The summed E-state index contributed by atoms with van der Waals surface area (Å²) in [6.45, 7) is 6.57. The molecule has 2 amide bonds. The lowest BCUT2D eigenvalue weighted by Crippen LogP contribution is -2.57. The van der Waals surface area contributed by atoms with E-state index in [0.717, 1.165) is 12.8 Å². The second-order valence-electron chi connectivity index (χ2n) is 9.47. The first-order chi connectivity index (χ1) is 13.6. The van der Waals surface area contributed by atoms with E-state index in [-0.39, 0.29) is 46.4 Å². The molecule has 3 rings (SSSR count). The lowest BCUT2D eigenvalue weighted by atomic mass is 9.62. The van der Waals surface area contributed by atoms with Gasteiger partial charge in [0.25, 0.3) is 0 Å². The molecule has 1 saturated heterocycles. The van der Waals surface area contributed by atoms with Crippen LogP contribution >= 0.6 is 0 Å². The van der Waals surface area contributed by atoms with Crippen molar-refractivity contribution in [2.75, 3.05) is 5.75 Å². The molecule has 4 atom stereocenters. The third-order valence-electron chi connectivity index (χ3n) is 6.35. The number of carbonyl (C=O) groups excluding carboxylic acids is 2. The fourth-order valence-corrected chi connectivity index (χ4v) is 6.07. The molecule has 0 bridgehead atoms. The zero-order chi connectivity index (χ0) is 21.2. The van der Waals surface area contributed by atoms with Crippen molar-refractivity contribution in [3.05, 3.63) is 30.3 Å². The average Bonchev–Trinajstić information content (AvgIpc) is 2.65. The fourth-order valence-electron chi connectivity index (χ4n) is 4.81. The quantitative estimate of drug-likeness (QED) is 0.766. The van der Waals surface area contributed by atoms with Crippen LogP contribution in [0.15, 0.2) is 35.2 Å². The molecule has 1 aromatic rings. The van der Waals surface area contributed by atoms with Crippen molar-refractivity contribution in [1.29, 1.82) is 0 Å². The Hall–Kier alpha value is -1.89. The van der Waals surface area contributed by atoms with Gasteiger partial charge in [-0.25, -0.2) is 8.42 Å².